The molecule has 4 bridgehead atoms. The van der Waals surface area contributed by atoms with Gasteiger partial charge in [-0.25, -0.2) is 4.79 Å². The molecule has 3 aromatic rings. The Morgan fingerprint density at radius 2 is 1.60 bits per heavy atom. The smallest absolute Gasteiger partial charge is 0.408 e. The van der Waals surface area contributed by atoms with Crippen molar-refractivity contribution >= 4 is 34.8 Å². The molecule has 4 aliphatic rings. The van der Waals surface area contributed by atoms with Crippen LogP contribution in [-0.2, 0) is 25.5 Å². The van der Waals surface area contributed by atoms with Crippen molar-refractivity contribution in [2.45, 2.75) is 69.4 Å². The Morgan fingerprint density at radius 3 is 2.29 bits per heavy atom. The monoisotopic (exact) mass is 614 g/mol. The van der Waals surface area contributed by atoms with E-state index in [9.17, 15) is 19.2 Å². The minimum Gasteiger partial charge on any atom is -0.481 e. The molecule has 1 aromatic heterocycles. The number of ether oxygens (including phenoxy) is 1. The molecular formula is C35H42N4O6. The van der Waals surface area contributed by atoms with E-state index in [0.29, 0.717) is 17.4 Å². The van der Waals surface area contributed by atoms with Crippen molar-refractivity contribution in [1.82, 2.24) is 20.9 Å². The topological polar surface area (TPSA) is 150 Å². The number of fused-ring (bicyclic) bond motifs is 1. The summed E-state index contributed by atoms with van der Waals surface area (Å²) in [5.74, 6) is -0.372. The maximum Gasteiger partial charge on any atom is 0.408 e. The molecule has 2 aromatic carbocycles. The van der Waals surface area contributed by atoms with Gasteiger partial charge in [-0.05, 0) is 79.9 Å². The third-order valence-electron chi connectivity index (χ3n) is 10.1. The van der Waals surface area contributed by atoms with Crippen LogP contribution in [0.25, 0.3) is 10.9 Å². The molecule has 10 heteroatoms. The lowest BCUT2D eigenvalue weighted by Crippen LogP contribution is -2.60. The number of carbonyl (C=O) groups is 4. The van der Waals surface area contributed by atoms with Crippen molar-refractivity contribution < 1.29 is 29.0 Å². The summed E-state index contributed by atoms with van der Waals surface area (Å²) in [6.45, 7) is 1.62. The minimum absolute atomic E-state index is 0.0260. The summed E-state index contributed by atoms with van der Waals surface area (Å²) in [6.07, 6.45) is 6.83. The number of amides is 3. The second-order valence-electron chi connectivity index (χ2n) is 13.4. The zero-order chi connectivity index (χ0) is 31.6. The lowest BCUT2D eigenvalue weighted by Gasteiger charge is -2.53. The van der Waals surface area contributed by atoms with Crippen LogP contribution in [0.4, 0.5) is 4.79 Å². The van der Waals surface area contributed by atoms with Crippen LogP contribution in [0.2, 0.25) is 0 Å². The highest BCUT2D eigenvalue weighted by atomic mass is 16.6. The fraction of sp³-hybridized carbons (Fsp3) is 0.486. The van der Waals surface area contributed by atoms with E-state index in [4.69, 9.17) is 9.84 Å². The Morgan fingerprint density at radius 1 is 0.933 bits per heavy atom. The van der Waals surface area contributed by atoms with E-state index < -0.39 is 35.3 Å². The van der Waals surface area contributed by atoms with E-state index >= 15 is 0 Å². The Labute approximate surface area is 262 Å². The Kier molecular flexibility index (Phi) is 8.83. The summed E-state index contributed by atoms with van der Waals surface area (Å²) in [7, 11) is 0. The van der Waals surface area contributed by atoms with Gasteiger partial charge in [-0.1, -0.05) is 48.5 Å². The summed E-state index contributed by atoms with van der Waals surface area (Å²) in [6, 6.07) is 16.8. The number of carboxylic acid groups (broad SMARTS) is 1. The van der Waals surface area contributed by atoms with E-state index in [0.717, 1.165) is 54.0 Å². The largest absolute Gasteiger partial charge is 0.481 e. The number of aromatic amines is 1. The first-order valence-electron chi connectivity index (χ1n) is 16.0. The van der Waals surface area contributed by atoms with Crippen LogP contribution in [-0.4, -0.2) is 58.7 Å². The quantitative estimate of drug-likeness (QED) is 0.203. The van der Waals surface area contributed by atoms with Crippen LogP contribution >= 0.6 is 0 Å². The number of para-hydroxylation sites is 1. The molecule has 2 unspecified atom stereocenters. The number of rotatable bonds is 12. The highest BCUT2D eigenvalue weighted by Gasteiger charge is 2.50. The Bertz CT molecular complexity index is 1530. The van der Waals surface area contributed by atoms with Crippen molar-refractivity contribution in [2.24, 2.45) is 23.7 Å². The number of aliphatic carboxylic acids is 1. The number of nitrogens with one attached hydrogen (secondary N) is 4. The van der Waals surface area contributed by atoms with E-state index in [1.54, 1.807) is 31.2 Å². The molecule has 3 amide bonds. The average Bonchev–Trinajstić information content (AvgIpc) is 3.41. The summed E-state index contributed by atoms with van der Waals surface area (Å²) in [5, 5.41) is 18.5. The van der Waals surface area contributed by atoms with Gasteiger partial charge in [0.1, 0.15) is 11.6 Å². The summed E-state index contributed by atoms with van der Waals surface area (Å²) < 4.78 is 6.13. The van der Waals surface area contributed by atoms with Crippen LogP contribution in [0.5, 0.6) is 0 Å². The van der Waals surface area contributed by atoms with E-state index in [1.807, 2.05) is 36.5 Å². The van der Waals surface area contributed by atoms with Crippen molar-refractivity contribution in [3.05, 3.63) is 71.9 Å². The second-order valence-corrected chi connectivity index (χ2v) is 13.4. The van der Waals surface area contributed by atoms with Gasteiger partial charge in [-0.2, -0.15) is 0 Å². The summed E-state index contributed by atoms with van der Waals surface area (Å²) >= 11 is 0. The molecule has 238 valence electrons. The van der Waals surface area contributed by atoms with Gasteiger partial charge < -0.3 is 30.8 Å². The first kappa shape index (κ1) is 30.7. The molecule has 10 nitrogen and oxygen atoms in total. The van der Waals surface area contributed by atoms with Crippen LogP contribution in [0.1, 0.15) is 62.5 Å². The average molecular weight is 615 g/mol. The Balaban J connectivity index is 1.19. The molecule has 4 aliphatic carbocycles. The minimum atomic E-state index is -1.39. The molecule has 0 aliphatic heterocycles. The molecule has 0 spiro atoms. The summed E-state index contributed by atoms with van der Waals surface area (Å²) in [5.41, 5.74) is 1.07. The molecule has 4 saturated carbocycles. The van der Waals surface area contributed by atoms with Gasteiger partial charge in [-0.15, -0.1) is 0 Å². The molecule has 0 saturated heterocycles. The first-order valence-corrected chi connectivity index (χ1v) is 16.0. The van der Waals surface area contributed by atoms with Gasteiger partial charge in [0.05, 0.1) is 12.3 Å². The van der Waals surface area contributed by atoms with Crippen LogP contribution in [0.3, 0.4) is 0 Å². The standard InChI is InChI=1S/C35H42N4O6/c1-35(18-26-19-37-29-10-6-5-9-27(26)29,39-34(44)45-31-24-14-21-13-22(16-24)17-25(31)15-21)33(43)38-20-28(23-7-3-2-4-8-23)32(42)36-12-11-30(40)41/h2-10,19,21-22,24-25,28,31,37H,11-18,20H2,1H3,(H,36,42)(H,38,43)(H,39,44)(H,40,41). The number of hydrogen-bond acceptors (Lipinski definition) is 5. The molecule has 1 heterocycles. The molecule has 7 rings (SSSR count). The summed E-state index contributed by atoms with van der Waals surface area (Å²) in [4.78, 5) is 55.0. The van der Waals surface area contributed by atoms with Crippen LogP contribution < -0.4 is 16.0 Å². The van der Waals surface area contributed by atoms with E-state index in [1.165, 1.54) is 6.42 Å². The van der Waals surface area contributed by atoms with Gasteiger partial charge in [0.15, 0.2) is 0 Å². The van der Waals surface area contributed by atoms with Gasteiger partial charge in [0.2, 0.25) is 11.8 Å². The number of hydrogen-bond donors (Lipinski definition) is 5. The maximum atomic E-state index is 14.1. The fourth-order valence-electron chi connectivity index (χ4n) is 8.14. The number of benzene rings is 2. The van der Waals surface area contributed by atoms with Crippen molar-refractivity contribution in [2.75, 3.05) is 13.1 Å². The molecule has 45 heavy (non-hydrogen) atoms. The fourth-order valence-corrected chi connectivity index (χ4v) is 8.14. The number of H-pyrrole nitrogens is 1. The zero-order valence-corrected chi connectivity index (χ0v) is 25.6. The number of aromatic nitrogens is 1. The Hall–Kier alpha value is -4.34. The van der Waals surface area contributed by atoms with Crippen LogP contribution in [0.15, 0.2) is 60.8 Å². The first-order chi connectivity index (χ1) is 21.7. The van der Waals surface area contributed by atoms with Crippen molar-refractivity contribution in [3.63, 3.8) is 0 Å². The molecule has 4 fully saturated rings. The highest BCUT2D eigenvalue weighted by molar-refractivity contribution is 5.92. The number of alkyl carbamates (subject to hydrolysis) is 1. The normalized spacial score (nSPS) is 25.2. The highest BCUT2D eigenvalue weighted by Crippen LogP contribution is 2.54. The number of carboxylic acids is 1. The predicted molar refractivity (Wildman–Crippen MR) is 168 cm³/mol. The van der Waals surface area contributed by atoms with Gasteiger partial charge in [0, 0.05) is 36.6 Å². The maximum absolute atomic E-state index is 14.1. The number of carbonyl (C=O) groups excluding carboxylic acids is 3. The van der Waals surface area contributed by atoms with E-state index in [-0.39, 0.29) is 32.0 Å². The van der Waals surface area contributed by atoms with Gasteiger partial charge in [0.25, 0.3) is 0 Å². The van der Waals surface area contributed by atoms with E-state index in [2.05, 4.69) is 20.9 Å². The third kappa shape index (κ3) is 6.84. The molecular weight excluding hydrogens is 572 g/mol. The predicted octanol–water partition coefficient (Wildman–Crippen LogP) is 4.51. The third-order valence-corrected chi connectivity index (χ3v) is 10.1. The zero-order valence-electron chi connectivity index (χ0n) is 25.6. The molecule has 2 atom stereocenters. The lowest BCUT2D eigenvalue weighted by atomic mass is 9.55. The van der Waals surface area contributed by atoms with Crippen LogP contribution in [0, 0.1) is 23.7 Å². The van der Waals surface area contributed by atoms with Gasteiger partial charge >= 0.3 is 12.1 Å². The lowest BCUT2D eigenvalue weighted by molar-refractivity contribution is -0.137. The molecule has 0 radical (unpaired) electrons. The van der Waals surface area contributed by atoms with Gasteiger partial charge in [-0.3, -0.25) is 14.4 Å². The van der Waals surface area contributed by atoms with Crippen molar-refractivity contribution in [1.29, 1.82) is 0 Å². The second kappa shape index (κ2) is 12.9. The molecule has 5 N–H and O–H groups in total. The SMILES string of the molecule is CC(Cc1c[nH]c2ccccc12)(NC(=O)OC1C2CC3CC(C2)CC1C3)C(=O)NCC(C(=O)NCCC(=O)O)c1ccccc1. The van der Waals surface area contributed by atoms with Crippen molar-refractivity contribution in [3.8, 4) is 0 Å².